The summed E-state index contributed by atoms with van der Waals surface area (Å²) in [6.07, 6.45) is 0.269. The average molecular weight is 285 g/mol. The van der Waals surface area contributed by atoms with Gasteiger partial charge in [-0.15, -0.1) is 0 Å². The molecule has 1 rings (SSSR count). The number of hydrogen-bond acceptors (Lipinski definition) is 3. The SMILES string of the molecule is CCN(Cc1ccccc1Cl)C(=O)CC(CN)CO. The van der Waals surface area contributed by atoms with Crippen molar-refractivity contribution < 1.29 is 9.90 Å². The first-order valence-corrected chi connectivity index (χ1v) is 6.82. The van der Waals surface area contributed by atoms with E-state index >= 15 is 0 Å². The molecule has 0 aliphatic carbocycles. The molecule has 1 aromatic rings. The van der Waals surface area contributed by atoms with Gasteiger partial charge in [-0.1, -0.05) is 29.8 Å². The zero-order valence-corrected chi connectivity index (χ0v) is 11.9. The summed E-state index contributed by atoms with van der Waals surface area (Å²) in [5, 5.41) is 9.75. The second-order valence-electron chi connectivity index (χ2n) is 4.49. The Morgan fingerprint density at radius 1 is 1.47 bits per heavy atom. The minimum absolute atomic E-state index is 0.00748. The second kappa shape index (κ2) is 8.15. The van der Waals surface area contributed by atoms with Gasteiger partial charge in [0.2, 0.25) is 5.91 Å². The van der Waals surface area contributed by atoms with Crippen molar-refractivity contribution in [3.8, 4) is 0 Å². The fourth-order valence-corrected chi connectivity index (χ4v) is 2.00. The Morgan fingerprint density at radius 2 is 2.16 bits per heavy atom. The molecule has 0 aliphatic rings. The van der Waals surface area contributed by atoms with Gasteiger partial charge in [0.15, 0.2) is 0 Å². The van der Waals surface area contributed by atoms with Crippen molar-refractivity contribution in [2.24, 2.45) is 11.7 Å². The van der Waals surface area contributed by atoms with Gasteiger partial charge in [-0.25, -0.2) is 0 Å². The number of benzene rings is 1. The smallest absolute Gasteiger partial charge is 0.223 e. The molecule has 1 atom stereocenters. The topological polar surface area (TPSA) is 66.6 Å². The maximum absolute atomic E-state index is 12.1. The van der Waals surface area contributed by atoms with Crippen LogP contribution in [0.1, 0.15) is 18.9 Å². The predicted octanol–water partition coefficient (Wildman–Crippen LogP) is 1.65. The number of carbonyl (C=O) groups is 1. The van der Waals surface area contributed by atoms with Crippen LogP contribution in [-0.2, 0) is 11.3 Å². The molecule has 0 aromatic heterocycles. The summed E-state index contributed by atoms with van der Waals surface area (Å²) >= 11 is 6.09. The highest BCUT2D eigenvalue weighted by Gasteiger charge is 2.17. The molecule has 1 aromatic carbocycles. The lowest BCUT2D eigenvalue weighted by atomic mass is 10.1. The van der Waals surface area contributed by atoms with Crippen LogP contribution in [0, 0.1) is 5.92 Å². The van der Waals surface area contributed by atoms with Crippen molar-refractivity contribution >= 4 is 17.5 Å². The Hall–Kier alpha value is -1.10. The van der Waals surface area contributed by atoms with Gasteiger partial charge >= 0.3 is 0 Å². The highest BCUT2D eigenvalue weighted by atomic mass is 35.5. The van der Waals surface area contributed by atoms with Crippen LogP contribution >= 0.6 is 11.6 Å². The van der Waals surface area contributed by atoms with Crippen LogP contribution in [0.15, 0.2) is 24.3 Å². The van der Waals surface area contributed by atoms with E-state index in [0.717, 1.165) is 5.56 Å². The molecule has 0 saturated carbocycles. The second-order valence-corrected chi connectivity index (χ2v) is 4.89. The molecule has 19 heavy (non-hydrogen) atoms. The van der Waals surface area contributed by atoms with Crippen LogP contribution in [0.2, 0.25) is 5.02 Å². The Morgan fingerprint density at radius 3 is 2.68 bits per heavy atom. The summed E-state index contributed by atoms with van der Waals surface area (Å²) in [4.78, 5) is 13.9. The number of amides is 1. The van der Waals surface area contributed by atoms with Gasteiger partial charge in [0.1, 0.15) is 0 Å². The van der Waals surface area contributed by atoms with Crippen molar-refractivity contribution in [1.29, 1.82) is 0 Å². The molecule has 0 aliphatic heterocycles. The fourth-order valence-electron chi connectivity index (χ4n) is 1.81. The molecule has 0 spiro atoms. The normalized spacial score (nSPS) is 12.2. The number of nitrogens with zero attached hydrogens (tertiary/aromatic N) is 1. The van der Waals surface area contributed by atoms with Crippen LogP contribution in [0.4, 0.5) is 0 Å². The largest absolute Gasteiger partial charge is 0.396 e. The maximum atomic E-state index is 12.1. The number of aliphatic hydroxyl groups excluding tert-OH is 1. The number of rotatable bonds is 7. The molecule has 1 unspecified atom stereocenters. The Balaban J connectivity index is 2.68. The summed E-state index contributed by atoms with van der Waals surface area (Å²) < 4.78 is 0. The zero-order chi connectivity index (χ0) is 14.3. The lowest BCUT2D eigenvalue weighted by Gasteiger charge is -2.23. The van der Waals surface area contributed by atoms with Gasteiger partial charge in [0.05, 0.1) is 0 Å². The summed E-state index contributed by atoms with van der Waals surface area (Å²) in [7, 11) is 0. The molecule has 0 fully saturated rings. The van der Waals surface area contributed by atoms with E-state index in [1.165, 1.54) is 0 Å². The molecule has 0 radical (unpaired) electrons. The molecular weight excluding hydrogens is 264 g/mol. The first-order chi connectivity index (χ1) is 9.12. The molecule has 4 nitrogen and oxygen atoms in total. The van der Waals surface area contributed by atoms with E-state index < -0.39 is 0 Å². The third-order valence-corrected chi connectivity index (χ3v) is 3.48. The Labute approximate surface area is 119 Å². The van der Waals surface area contributed by atoms with Crippen molar-refractivity contribution in [2.75, 3.05) is 19.7 Å². The predicted molar refractivity (Wildman–Crippen MR) is 76.8 cm³/mol. The molecule has 0 bridgehead atoms. The monoisotopic (exact) mass is 284 g/mol. The highest BCUT2D eigenvalue weighted by Crippen LogP contribution is 2.18. The fraction of sp³-hybridized carbons (Fsp3) is 0.500. The van der Waals surface area contributed by atoms with Crippen molar-refractivity contribution in [3.63, 3.8) is 0 Å². The lowest BCUT2D eigenvalue weighted by molar-refractivity contribution is -0.132. The quantitative estimate of drug-likeness (QED) is 0.800. The minimum Gasteiger partial charge on any atom is -0.396 e. The van der Waals surface area contributed by atoms with Crippen LogP contribution in [0.5, 0.6) is 0 Å². The Kier molecular flexibility index (Phi) is 6.84. The lowest BCUT2D eigenvalue weighted by Crippen LogP contribution is -2.34. The van der Waals surface area contributed by atoms with Crippen LogP contribution in [-0.4, -0.2) is 35.6 Å². The maximum Gasteiger partial charge on any atom is 0.223 e. The van der Waals surface area contributed by atoms with Crippen molar-refractivity contribution in [2.45, 2.75) is 19.9 Å². The summed E-state index contributed by atoms with van der Waals surface area (Å²) in [6.45, 7) is 3.26. The number of halogens is 1. The first-order valence-electron chi connectivity index (χ1n) is 6.44. The molecule has 3 N–H and O–H groups in total. The van der Waals surface area contributed by atoms with Gasteiger partial charge in [-0.05, 0) is 25.1 Å². The number of nitrogens with two attached hydrogens (primary N) is 1. The summed E-state index contributed by atoms with van der Waals surface area (Å²) in [5.74, 6) is -0.181. The van der Waals surface area contributed by atoms with Gasteiger partial charge in [0.25, 0.3) is 0 Å². The standard InChI is InChI=1S/C14H21ClN2O2/c1-2-17(14(19)7-11(8-16)10-18)9-12-5-3-4-6-13(12)15/h3-6,11,18H,2,7-10,16H2,1H3. The molecule has 0 heterocycles. The average Bonchev–Trinajstić information content (AvgIpc) is 2.43. The van der Waals surface area contributed by atoms with Gasteiger partial charge < -0.3 is 15.7 Å². The van der Waals surface area contributed by atoms with Gasteiger partial charge in [-0.3, -0.25) is 4.79 Å². The molecule has 0 saturated heterocycles. The first kappa shape index (κ1) is 16.0. The van der Waals surface area contributed by atoms with E-state index in [9.17, 15) is 4.79 Å². The van der Waals surface area contributed by atoms with Gasteiger partial charge in [0, 0.05) is 37.1 Å². The molecular formula is C14H21ClN2O2. The summed E-state index contributed by atoms with van der Waals surface area (Å²) in [6, 6.07) is 7.48. The third-order valence-electron chi connectivity index (χ3n) is 3.11. The van der Waals surface area contributed by atoms with Crippen LogP contribution in [0.3, 0.4) is 0 Å². The van der Waals surface area contributed by atoms with E-state index in [4.69, 9.17) is 22.4 Å². The molecule has 106 valence electrons. The number of aliphatic hydroxyl groups is 1. The molecule has 1 amide bonds. The number of hydrogen-bond donors (Lipinski definition) is 2. The van der Waals surface area contributed by atoms with Crippen LogP contribution in [0.25, 0.3) is 0 Å². The van der Waals surface area contributed by atoms with Crippen molar-refractivity contribution in [3.05, 3.63) is 34.9 Å². The van der Waals surface area contributed by atoms with E-state index in [2.05, 4.69) is 0 Å². The summed E-state index contributed by atoms with van der Waals surface area (Å²) in [5.41, 5.74) is 6.42. The minimum atomic E-state index is -0.173. The third kappa shape index (κ3) is 4.82. The molecule has 5 heteroatoms. The van der Waals surface area contributed by atoms with Crippen LogP contribution < -0.4 is 5.73 Å². The van der Waals surface area contributed by atoms with E-state index in [0.29, 0.717) is 24.7 Å². The van der Waals surface area contributed by atoms with E-state index in [1.807, 2.05) is 31.2 Å². The van der Waals surface area contributed by atoms with E-state index in [1.54, 1.807) is 4.90 Å². The zero-order valence-electron chi connectivity index (χ0n) is 11.2. The van der Waals surface area contributed by atoms with E-state index in [-0.39, 0.29) is 24.9 Å². The number of carbonyl (C=O) groups excluding carboxylic acids is 1. The van der Waals surface area contributed by atoms with Gasteiger partial charge in [-0.2, -0.15) is 0 Å². The highest BCUT2D eigenvalue weighted by molar-refractivity contribution is 6.31. The Bertz CT molecular complexity index is 408. The van der Waals surface area contributed by atoms with Crippen molar-refractivity contribution in [1.82, 2.24) is 4.90 Å².